The van der Waals surface area contributed by atoms with Crippen molar-refractivity contribution in [1.82, 2.24) is 4.98 Å². The van der Waals surface area contributed by atoms with Crippen molar-refractivity contribution in [2.75, 3.05) is 5.32 Å². The normalized spacial score (nSPS) is 10.1. The number of hydrogen-bond acceptors (Lipinski definition) is 3. The van der Waals surface area contributed by atoms with Gasteiger partial charge in [0.2, 0.25) is 0 Å². The lowest BCUT2D eigenvalue weighted by atomic mass is 10.2. The zero-order chi connectivity index (χ0) is 13.1. The Morgan fingerprint density at radius 2 is 2.11 bits per heavy atom. The molecule has 0 aliphatic rings. The molecular weight excluding hydrogens is 310 g/mol. The van der Waals surface area contributed by atoms with Gasteiger partial charge in [-0.25, -0.2) is 4.98 Å². The molecule has 18 heavy (non-hydrogen) atoms. The third kappa shape index (κ3) is 3.05. The van der Waals surface area contributed by atoms with Crippen LogP contribution >= 0.6 is 28.1 Å². The number of anilines is 2. The van der Waals surface area contributed by atoms with Crippen LogP contribution < -0.4 is 11.1 Å². The van der Waals surface area contributed by atoms with E-state index in [1.165, 1.54) is 5.56 Å². The number of nitrogens with one attached hydrogen (secondary N) is 1. The van der Waals surface area contributed by atoms with Crippen molar-refractivity contribution >= 4 is 44.6 Å². The molecule has 0 bridgehead atoms. The molecule has 3 N–H and O–H groups in total. The Morgan fingerprint density at radius 3 is 2.78 bits per heavy atom. The molecule has 0 aliphatic heterocycles. The molecule has 0 saturated carbocycles. The van der Waals surface area contributed by atoms with Gasteiger partial charge in [-0.1, -0.05) is 24.4 Å². The number of nitrogens with zero attached hydrogens (tertiary/aromatic N) is 1. The van der Waals surface area contributed by atoms with Crippen LogP contribution in [-0.2, 0) is 0 Å². The summed E-state index contributed by atoms with van der Waals surface area (Å²) in [5.74, 6) is 0.713. The van der Waals surface area contributed by atoms with E-state index in [2.05, 4.69) is 26.2 Å². The van der Waals surface area contributed by atoms with Crippen molar-refractivity contribution in [3.63, 3.8) is 0 Å². The van der Waals surface area contributed by atoms with E-state index < -0.39 is 0 Å². The van der Waals surface area contributed by atoms with Gasteiger partial charge in [0.05, 0.1) is 11.4 Å². The van der Waals surface area contributed by atoms with E-state index in [-0.39, 0.29) is 0 Å². The van der Waals surface area contributed by atoms with Gasteiger partial charge in [-0.05, 0) is 52.7 Å². The summed E-state index contributed by atoms with van der Waals surface area (Å²) in [6.45, 7) is 2.04. The fourth-order valence-corrected chi connectivity index (χ4v) is 2.21. The Kier molecular flexibility index (Phi) is 3.93. The second-order valence-electron chi connectivity index (χ2n) is 3.88. The summed E-state index contributed by atoms with van der Waals surface area (Å²) in [5.41, 5.74) is 8.31. The first-order chi connectivity index (χ1) is 8.56. The second kappa shape index (κ2) is 5.46. The standard InChI is InChI=1S/C13H12BrN3S/c1-8-5-6-10(9(14)7-8)16-12-4-2-3-11(17-12)13(15)18/h2-7H,1H3,(H2,15,18)(H,16,17). The largest absolute Gasteiger partial charge is 0.388 e. The van der Waals surface area contributed by atoms with Crippen molar-refractivity contribution in [3.05, 3.63) is 52.1 Å². The first-order valence-corrected chi connectivity index (χ1v) is 6.56. The fraction of sp³-hybridized carbons (Fsp3) is 0.0769. The second-order valence-corrected chi connectivity index (χ2v) is 5.17. The molecule has 0 fully saturated rings. The van der Waals surface area contributed by atoms with E-state index in [1.807, 2.05) is 37.3 Å². The topological polar surface area (TPSA) is 50.9 Å². The van der Waals surface area contributed by atoms with E-state index in [1.54, 1.807) is 6.07 Å². The number of nitrogens with two attached hydrogens (primary N) is 1. The van der Waals surface area contributed by atoms with Crippen LogP contribution in [0.2, 0.25) is 0 Å². The predicted octanol–water partition coefficient (Wildman–Crippen LogP) is 3.53. The Balaban J connectivity index is 2.28. The third-order valence-electron chi connectivity index (χ3n) is 2.39. The number of thiocarbonyl (C=S) groups is 1. The van der Waals surface area contributed by atoms with Gasteiger partial charge in [-0.15, -0.1) is 0 Å². The number of hydrogen-bond donors (Lipinski definition) is 2. The number of aryl methyl sites for hydroxylation is 1. The van der Waals surface area contributed by atoms with Crippen LogP contribution in [0.15, 0.2) is 40.9 Å². The monoisotopic (exact) mass is 321 g/mol. The van der Waals surface area contributed by atoms with Crippen LogP contribution in [0.25, 0.3) is 0 Å². The van der Waals surface area contributed by atoms with E-state index in [0.717, 1.165) is 10.2 Å². The highest BCUT2D eigenvalue weighted by Gasteiger charge is 2.03. The first-order valence-electron chi connectivity index (χ1n) is 5.36. The molecule has 2 aromatic rings. The maximum atomic E-state index is 5.56. The van der Waals surface area contributed by atoms with Crippen LogP contribution in [0.3, 0.4) is 0 Å². The average molecular weight is 322 g/mol. The van der Waals surface area contributed by atoms with Crippen LogP contribution in [0.5, 0.6) is 0 Å². The van der Waals surface area contributed by atoms with E-state index >= 15 is 0 Å². The Bertz CT molecular complexity index is 599. The van der Waals surface area contributed by atoms with Gasteiger partial charge < -0.3 is 11.1 Å². The summed E-state index contributed by atoms with van der Waals surface area (Å²) >= 11 is 8.42. The van der Waals surface area contributed by atoms with Crippen molar-refractivity contribution in [3.8, 4) is 0 Å². The molecule has 2 rings (SSSR count). The van der Waals surface area contributed by atoms with Gasteiger partial charge in [0.25, 0.3) is 0 Å². The summed E-state index contributed by atoms with van der Waals surface area (Å²) in [6.07, 6.45) is 0. The minimum atomic E-state index is 0.293. The van der Waals surface area contributed by atoms with Crippen LogP contribution in [0.1, 0.15) is 11.3 Å². The molecule has 3 nitrogen and oxygen atoms in total. The molecule has 0 spiro atoms. The number of pyridine rings is 1. The lowest BCUT2D eigenvalue weighted by Gasteiger charge is -2.09. The molecule has 1 aromatic carbocycles. The quantitative estimate of drug-likeness (QED) is 0.849. The van der Waals surface area contributed by atoms with Gasteiger partial charge in [-0.3, -0.25) is 0 Å². The summed E-state index contributed by atoms with van der Waals surface area (Å²) in [4.78, 5) is 4.63. The summed E-state index contributed by atoms with van der Waals surface area (Å²) in [6, 6.07) is 11.6. The molecule has 0 aliphatic carbocycles. The number of benzene rings is 1. The lowest BCUT2D eigenvalue weighted by molar-refractivity contribution is 1.27. The highest BCUT2D eigenvalue weighted by atomic mass is 79.9. The Labute approximate surface area is 120 Å². The van der Waals surface area contributed by atoms with Crippen molar-refractivity contribution in [2.45, 2.75) is 6.92 Å². The minimum Gasteiger partial charge on any atom is -0.388 e. The smallest absolute Gasteiger partial charge is 0.131 e. The van der Waals surface area contributed by atoms with Crippen molar-refractivity contribution in [2.24, 2.45) is 5.73 Å². The molecule has 1 heterocycles. The third-order valence-corrected chi connectivity index (χ3v) is 3.25. The van der Waals surface area contributed by atoms with Crippen molar-refractivity contribution in [1.29, 1.82) is 0 Å². The van der Waals surface area contributed by atoms with Gasteiger partial charge in [-0.2, -0.15) is 0 Å². The van der Waals surface area contributed by atoms with E-state index in [0.29, 0.717) is 16.5 Å². The summed E-state index contributed by atoms with van der Waals surface area (Å²) in [7, 11) is 0. The molecule has 5 heteroatoms. The molecule has 1 aromatic heterocycles. The predicted molar refractivity (Wildman–Crippen MR) is 82.3 cm³/mol. The van der Waals surface area contributed by atoms with Crippen LogP contribution in [0, 0.1) is 6.92 Å². The fourth-order valence-electron chi connectivity index (χ4n) is 1.50. The Morgan fingerprint density at radius 1 is 1.33 bits per heavy atom. The minimum absolute atomic E-state index is 0.293. The first kappa shape index (κ1) is 13.0. The number of aromatic nitrogens is 1. The molecule has 92 valence electrons. The SMILES string of the molecule is Cc1ccc(Nc2cccc(C(N)=S)n2)c(Br)c1. The van der Waals surface area contributed by atoms with Gasteiger partial charge >= 0.3 is 0 Å². The van der Waals surface area contributed by atoms with Gasteiger partial charge in [0.1, 0.15) is 10.8 Å². The zero-order valence-electron chi connectivity index (χ0n) is 9.77. The highest BCUT2D eigenvalue weighted by molar-refractivity contribution is 9.10. The molecule has 0 atom stereocenters. The van der Waals surface area contributed by atoms with E-state index in [4.69, 9.17) is 18.0 Å². The molecular formula is C13H12BrN3S. The number of rotatable bonds is 3. The molecule has 0 unspecified atom stereocenters. The molecule has 0 radical (unpaired) electrons. The van der Waals surface area contributed by atoms with Crippen LogP contribution in [-0.4, -0.2) is 9.97 Å². The molecule has 0 saturated heterocycles. The van der Waals surface area contributed by atoms with Crippen LogP contribution in [0.4, 0.5) is 11.5 Å². The summed E-state index contributed by atoms with van der Waals surface area (Å²) < 4.78 is 0.991. The lowest BCUT2D eigenvalue weighted by Crippen LogP contribution is -2.12. The van der Waals surface area contributed by atoms with E-state index in [9.17, 15) is 0 Å². The highest BCUT2D eigenvalue weighted by Crippen LogP contribution is 2.26. The number of halogens is 1. The molecule has 0 amide bonds. The maximum absolute atomic E-state index is 5.56. The van der Waals surface area contributed by atoms with Crippen molar-refractivity contribution < 1.29 is 0 Å². The zero-order valence-corrected chi connectivity index (χ0v) is 12.2. The Hall–Kier alpha value is -1.46. The van der Waals surface area contributed by atoms with Gasteiger partial charge in [0.15, 0.2) is 0 Å². The van der Waals surface area contributed by atoms with Gasteiger partial charge in [0, 0.05) is 4.47 Å². The summed E-state index contributed by atoms with van der Waals surface area (Å²) in [5, 5.41) is 3.22. The average Bonchev–Trinajstić information content (AvgIpc) is 2.33. The maximum Gasteiger partial charge on any atom is 0.131 e.